The number of para-hydroxylation sites is 1. The van der Waals surface area contributed by atoms with E-state index >= 15 is 0 Å². The molecule has 0 unspecified atom stereocenters. The average Bonchev–Trinajstić information content (AvgIpc) is 3.23. The van der Waals surface area contributed by atoms with E-state index in [9.17, 15) is 4.79 Å². The molecule has 0 bridgehead atoms. The maximum Gasteiger partial charge on any atom is 0.260 e. The van der Waals surface area contributed by atoms with E-state index < -0.39 is 0 Å². The van der Waals surface area contributed by atoms with Crippen LogP contribution in [0.2, 0.25) is 0 Å². The van der Waals surface area contributed by atoms with Crippen molar-refractivity contribution in [2.75, 3.05) is 32.9 Å². The number of carbonyl (C=O) groups is 1. The Morgan fingerprint density at radius 2 is 2.20 bits per heavy atom. The lowest BCUT2D eigenvalue weighted by atomic mass is 9.98. The highest BCUT2D eigenvalue weighted by Crippen LogP contribution is 2.37. The lowest BCUT2D eigenvalue weighted by molar-refractivity contribution is -0.133. The van der Waals surface area contributed by atoms with Gasteiger partial charge in [-0.25, -0.2) is 0 Å². The first-order valence-electron chi connectivity index (χ1n) is 9.35. The smallest absolute Gasteiger partial charge is 0.260 e. The van der Waals surface area contributed by atoms with Crippen LogP contribution < -0.4 is 4.74 Å². The standard InChI is InChI=1S/C20H27NO4/c1-15-4-2-3-5-18(15)24-13-19(22)21-9-8-20(14-21)10-17(12-25-20)23-11-16-6-7-16/h2-5,16-17H,6-14H2,1H3/t17-,20-/m0/s1. The molecule has 0 radical (unpaired) electrons. The third kappa shape index (κ3) is 3.98. The zero-order valence-electron chi connectivity index (χ0n) is 14.9. The topological polar surface area (TPSA) is 48.0 Å². The van der Waals surface area contributed by atoms with Gasteiger partial charge in [-0.1, -0.05) is 18.2 Å². The van der Waals surface area contributed by atoms with Gasteiger partial charge in [-0.15, -0.1) is 0 Å². The molecule has 0 N–H and O–H groups in total. The van der Waals surface area contributed by atoms with E-state index in [-0.39, 0.29) is 24.2 Å². The molecule has 3 fully saturated rings. The van der Waals surface area contributed by atoms with E-state index in [1.165, 1.54) is 12.8 Å². The van der Waals surface area contributed by atoms with E-state index in [4.69, 9.17) is 14.2 Å². The Kier molecular flexibility index (Phi) is 4.69. The molecular formula is C20H27NO4. The van der Waals surface area contributed by atoms with Crippen molar-refractivity contribution in [1.29, 1.82) is 0 Å². The van der Waals surface area contributed by atoms with Gasteiger partial charge in [0, 0.05) is 26.1 Å². The minimum absolute atomic E-state index is 0.0334. The molecular weight excluding hydrogens is 318 g/mol. The molecule has 1 spiro atoms. The Hall–Kier alpha value is -1.59. The molecule has 1 aliphatic carbocycles. The largest absolute Gasteiger partial charge is 0.484 e. The highest BCUT2D eigenvalue weighted by atomic mass is 16.6. The van der Waals surface area contributed by atoms with Crippen molar-refractivity contribution in [2.24, 2.45) is 5.92 Å². The van der Waals surface area contributed by atoms with Crippen LogP contribution in [-0.4, -0.2) is 55.4 Å². The SMILES string of the molecule is Cc1ccccc1OCC(=O)N1CC[C@]2(C[C@H](OCC3CC3)CO2)C1. The van der Waals surface area contributed by atoms with Gasteiger partial charge in [0.1, 0.15) is 5.75 Å². The number of ether oxygens (including phenoxy) is 3. The van der Waals surface area contributed by atoms with E-state index in [0.717, 1.165) is 43.2 Å². The summed E-state index contributed by atoms with van der Waals surface area (Å²) in [5, 5.41) is 0. The Bertz CT molecular complexity index is 630. The summed E-state index contributed by atoms with van der Waals surface area (Å²) in [6.45, 7) is 5.00. The number of aryl methyl sites for hydroxylation is 1. The first-order valence-corrected chi connectivity index (χ1v) is 9.35. The van der Waals surface area contributed by atoms with Crippen molar-refractivity contribution in [3.05, 3.63) is 29.8 Å². The third-order valence-electron chi connectivity index (χ3n) is 5.55. The van der Waals surface area contributed by atoms with Gasteiger partial charge >= 0.3 is 0 Å². The molecule has 2 saturated heterocycles. The molecule has 1 aromatic carbocycles. The summed E-state index contributed by atoms with van der Waals surface area (Å²) in [5.41, 5.74) is 0.843. The van der Waals surface area contributed by atoms with Crippen LogP contribution in [0.4, 0.5) is 0 Å². The van der Waals surface area contributed by atoms with Crippen molar-refractivity contribution < 1.29 is 19.0 Å². The summed E-state index contributed by atoms with van der Waals surface area (Å²) in [6, 6.07) is 7.77. The summed E-state index contributed by atoms with van der Waals surface area (Å²) in [7, 11) is 0. The molecule has 4 rings (SSSR count). The number of amides is 1. The van der Waals surface area contributed by atoms with Gasteiger partial charge in [-0.3, -0.25) is 4.79 Å². The predicted octanol–water partition coefficient (Wildman–Crippen LogP) is 2.56. The molecule has 5 heteroatoms. The summed E-state index contributed by atoms with van der Waals surface area (Å²) in [5.74, 6) is 1.58. The summed E-state index contributed by atoms with van der Waals surface area (Å²) in [6.07, 6.45) is 4.61. The van der Waals surface area contributed by atoms with Crippen LogP contribution in [0.15, 0.2) is 24.3 Å². The van der Waals surface area contributed by atoms with Gasteiger partial charge in [-0.05, 0) is 43.7 Å². The average molecular weight is 345 g/mol. The molecule has 3 aliphatic rings. The quantitative estimate of drug-likeness (QED) is 0.795. The molecule has 2 heterocycles. The molecule has 0 aromatic heterocycles. The summed E-state index contributed by atoms with van der Waals surface area (Å²) >= 11 is 0. The highest BCUT2D eigenvalue weighted by molar-refractivity contribution is 5.78. The van der Waals surface area contributed by atoms with Crippen molar-refractivity contribution >= 4 is 5.91 Å². The zero-order chi connectivity index (χ0) is 17.3. The molecule has 136 valence electrons. The number of nitrogens with zero attached hydrogens (tertiary/aromatic N) is 1. The second-order valence-corrected chi connectivity index (χ2v) is 7.72. The second-order valence-electron chi connectivity index (χ2n) is 7.72. The van der Waals surface area contributed by atoms with Gasteiger partial charge in [0.25, 0.3) is 5.91 Å². The summed E-state index contributed by atoms with van der Waals surface area (Å²) < 4.78 is 17.7. The monoisotopic (exact) mass is 345 g/mol. The van der Waals surface area contributed by atoms with Gasteiger partial charge in [-0.2, -0.15) is 0 Å². The maximum atomic E-state index is 12.5. The number of rotatable bonds is 6. The van der Waals surface area contributed by atoms with Gasteiger partial charge in [0.05, 0.1) is 18.3 Å². The van der Waals surface area contributed by atoms with Crippen LogP contribution in [0.3, 0.4) is 0 Å². The van der Waals surface area contributed by atoms with Crippen LogP contribution in [0.25, 0.3) is 0 Å². The van der Waals surface area contributed by atoms with Crippen molar-refractivity contribution in [1.82, 2.24) is 4.90 Å². The Morgan fingerprint density at radius 1 is 1.36 bits per heavy atom. The maximum absolute atomic E-state index is 12.5. The Morgan fingerprint density at radius 3 is 3.00 bits per heavy atom. The third-order valence-corrected chi connectivity index (χ3v) is 5.55. The molecule has 25 heavy (non-hydrogen) atoms. The van der Waals surface area contributed by atoms with Crippen LogP contribution in [-0.2, 0) is 14.3 Å². The van der Waals surface area contributed by atoms with Crippen LogP contribution >= 0.6 is 0 Å². The fourth-order valence-electron chi connectivity index (χ4n) is 3.76. The molecule has 1 saturated carbocycles. The second kappa shape index (κ2) is 6.96. The first-order chi connectivity index (χ1) is 12.1. The van der Waals surface area contributed by atoms with Gasteiger partial charge in [0.2, 0.25) is 0 Å². The van der Waals surface area contributed by atoms with E-state index in [0.29, 0.717) is 13.2 Å². The minimum atomic E-state index is -0.202. The fraction of sp³-hybridized carbons (Fsp3) is 0.650. The van der Waals surface area contributed by atoms with Crippen molar-refractivity contribution in [3.63, 3.8) is 0 Å². The number of hydrogen-bond acceptors (Lipinski definition) is 4. The fourth-order valence-corrected chi connectivity index (χ4v) is 3.76. The number of benzene rings is 1. The molecule has 2 aliphatic heterocycles. The van der Waals surface area contributed by atoms with E-state index in [1.807, 2.05) is 36.1 Å². The van der Waals surface area contributed by atoms with E-state index in [2.05, 4.69) is 0 Å². The number of carbonyl (C=O) groups excluding carboxylic acids is 1. The number of hydrogen-bond donors (Lipinski definition) is 0. The number of likely N-dealkylation sites (tertiary alicyclic amines) is 1. The molecule has 1 amide bonds. The zero-order valence-corrected chi connectivity index (χ0v) is 14.9. The van der Waals surface area contributed by atoms with E-state index in [1.54, 1.807) is 0 Å². The van der Waals surface area contributed by atoms with Gasteiger partial charge in [0.15, 0.2) is 6.61 Å². The van der Waals surface area contributed by atoms with Crippen molar-refractivity contribution in [3.8, 4) is 5.75 Å². The Labute approximate surface area is 149 Å². The first kappa shape index (κ1) is 16.9. The lowest BCUT2D eigenvalue weighted by Gasteiger charge is -2.23. The lowest BCUT2D eigenvalue weighted by Crippen LogP contribution is -2.38. The van der Waals surface area contributed by atoms with Crippen molar-refractivity contribution in [2.45, 2.75) is 44.3 Å². The van der Waals surface area contributed by atoms with Crippen LogP contribution in [0, 0.1) is 12.8 Å². The predicted molar refractivity (Wildman–Crippen MR) is 93.6 cm³/mol. The van der Waals surface area contributed by atoms with Crippen LogP contribution in [0.5, 0.6) is 5.75 Å². The minimum Gasteiger partial charge on any atom is -0.484 e. The van der Waals surface area contributed by atoms with Gasteiger partial charge < -0.3 is 19.1 Å². The van der Waals surface area contributed by atoms with Crippen LogP contribution in [0.1, 0.15) is 31.2 Å². The Balaban J connectivity index is 1.25. The normalized spacial score (nSPS) is 28.7. The molecule has 1 aromatic rings. The molecule has 2 atom stereocenters. The highest BCUT2D eigenvalue weighted by Gasteiger charge is 2.47. The summed E-state index contributed by atoms with van der Waals surface area (Å²) in [4.78, 5) is 14.4. The molecule has 5 nitrogen and oxygen atoms in total.